The van der Waals surface area contributed by atoms with Gasteiger partial charge in [0.25, 0.3) is 0 Å². The van der Waals surface area contributed by atoms with Crippen LogP contribution in [0.2, 0.25) is 0 Å². The number of rotatable bonds is 8. The van der Waals surface area contributed by atoms with Gasteiger partial charge in [-0.1, -0.05) is 33.1 Å². The first-order valence-corrected chi connectivity index (χ1v) is 7.83. The van der Waals surface area contributed by atoms with E-state index in [2.05, 4.69) is 18.7 Å². The molecule has 0 heterocycles. The Bertz CT molecular complexity index is 231. The lowest BCUT2D eigenvalue weighted by atomic mass is 9.93. The van der Waals surface area contributed by atoms with E-state index in [1.165, 1.54) is 45.1 Å². The number of ketones is 1. The largest absolute Gasteiger partial charge is 0.300 e. The van der Waals surface area contributed by atoms with Crippen molar-refractivity contribution in [2.24, 2.45) is 5.92 Å². The second kappa shape index (κ2) is 8.68. The summed E-state index contributed by atoms with van der Waals surface area (Å²) in [5.41, 5.74) is 0. The fourth-order valence-corrected chi connectivity index (χ4v) is 2.88. The van der Waals surface area contributed by atoms with E-state index in [0.717, 1.165) is 31.3 Å². The van der Waals surface area contributed by atoms with Crippen LogP contribution >= 0.6 is 0 Å². The molecule has 2 heteroatoms. The van der Waals surface area contributed by atoms with Gasteiger partial charge in [-0.2, -0.15) is 0 Å². The third kappa shape index (κ3) is 6.53. The zero-order valence-corrected chi connectivity index (χ0v) is 12.6. The highest BCUT2D eigenvalue weighted by atomic mass is 16.1. The van der Waals surface area contributed by atoms with Crippen molar-refractivity contribution in [3.05, 3.63) is 0 Å². The molecule has 0 aromatic heterocycles. The summed E-state index contributed by atoms with van der Waals surface area (Å²) in [5, 5.41) is 0. The molecule has 0 bridgehead atoms. The molecule has 0 aromatic carbocycles. The summed E-state index contributed by atoms with van der Waals surface area (Å²) in [6, 6.07) is 0.796. The van der Waals surface area contributed by atoms with Gasteiger partial charge >= 0.3 is 0 Å². The molecule has 106 valence electrons. The number of carbonyl (C=O) groups is 1. The van der Waals surface area contributed by atoms with Crippen molar-refractivity contribution < 1.29 is 4.79 Å². The van der Waals surface area contributed by atoms with E-state index in [-0.39, 0.29) is 0 Å². The molecule has 18 heavy (non-hydrogen) atoms. The monoisotopic (exact) mass is 253 g/mol. The number of hydrogen-bond donors (Lipinski definition) is 0. The minimum Gasteiger partial charge on any atom is -0.300 e. The van der Waals surface area contributed by atoms with Gasteiger partial charge in [0.15, 0.2) is 0 Å². The molecule has 1 fully saturated rings. The normalized spacial score (nSPS) is 17.6. The Morgan fingerprint density at radius 1 is 1.17 bits per heavy atom. The highest BCUT2D eigenvalue weighted by Crippen LogP contribution is 2.23. The molecule has 2 nitrogen and oxygen atoms in total. The molecule has 0 radical (unpaired) electrons. The van der Waals surface area contributed by atoms with Gasteiger partial charge in [0, 0.05) is 12.5 Å². The van der Waals surface area contributed by atoms with Crippen molar-refractivity contribution in [1.29, 1.82) is 0 Å². The third-order valence-electron chi connectivity index (χ3n) is 4.06. The molecule has 0 aliphatic heterocycles. The van der Waals surface area contributed by atoms with Crippen molar-refractivity contribution in [3.8, 4) is 0 Å². The van der Waals surface area contributed by atoms with Crippen LogP contribution in [0.1, 0.15) is 72.1 Å². The van der Waals surface area contributed by atoms with Crippen LogP contribution in [0, 0.1) is 5.92 Å². The Hall–Kier alpha value is -0.370. The summed E-state index contributed by atoms with van der Waals surface area (Å²) in [6.07, 6.45) is 10.1. The summed E-state index contributed by atoms with van der Waals surface area (Å²) in [7, 11) is 0. The van der Waals surface area contributed by atoms with Crippen molar-refractivity contribution in [2.45, 2.75) is 78.2 Å². The van der Waals surface area contributed by atoms with Crippen molar-refractivity contribution in [3.63, 3.8) is 0 Å². The first kappa shape index (κ1) is 15.7. The highest BCUT2D eigenvalue weighted by Gasteiger charge is 2.20. The van der Waals surface area contributed by atoms with E-state index < -0.39 is 0 Å². The van der Waals surface area contributed by atoms with Crippen LogP contribution in [-0.2, 0) is 4.79 Å². The molecule has 0 spiro atoms. The van der Waals surface area contributed by atoms with Crippen LogP contribution in [0.15, 0.2) is 0 Å². The Morgan fingerprint density at radius 2 is 1.83 bits per heavy atom. The van der Waals surface area contributed by atoms with Crippen molar-refractivity contribution >= 4 is 5.78 Å². The average Bonchev–Trinajstić information content (AvgIpc) is 2.34. The first-order valence-electron chi connectivity index (χ1n) is 7.83. The smallest absolute Gasteiger partial charge is 0.129 e. The van der Waals surface area contributed by atoms with Gasteiger partial charge in [0.2, 0.25) is 0 Å². The van der Waals surface area contributed by atoms with Gasteiger partial charge in [-0.3, -0.25) is 0 Å². The first-order chi connectivity index (χ1) is 8.59. The molecule has 0 unspecified atom stereocenters. The third-order valence-corrected chi connectivity index (χ3v) is 4.06. The summed E-state index contributed by atoms with van der Waals surface area (Å²) in [4.78, 5) is 13.7. The molecular formula is C16H31NO. The maximum absolute atomic E-state index is 11.0. The van der Waals surface area contributed by atoms with Gasteiger partial charge in [-0.25, -0.2) is 0 Å². The van der Waals surface area contributed by atoms with E-state index in [1.807, 2.05) is 0 Å². The van der Waals surface area contributed by atoms with E-state index in [9.17, 15) is 4.79 Å². The van der Waals surface area contributed by atoms with Crippen molar-refractivity contribution in [1.82, 2.24) is 4.90 Å². The van der Waals surface area contributed by atoms with Crippen LogP contribution < -0.4 is 0 Å². The molecule has 1 aliphatic carbocycles. The van der Waals surface area contributed by atoms with Crippen LogP contribution in [0.5, 0.6) is 0 Å². The molecular weight excluding hydrogens is 222 g/mol. The Kier molecular flexibility index (Phi) is 7.57. The lowest BCUT2D eigenvalue weighted by Gasteiger charge is -2.34. The molecule has 1 rings (SSSR count). The fourth-order valence-electron chi connectivity index (χ4n) is 2.88. The van der Waals surface area contributed by atoms with Gasteiger partial charge in [0.1, 0.15) is 5.78 Å². The number of carbonyl (C=O) groups excluding carboxylic acids is 1. The molecule has 1 saturated carbocycles. The van der Waals surface area contributed by atoms with Crippen LogP contribution in [0.25, 0.3) is 0 Å². The molecule has 0 atom stereocenters. The molecule has 0 saturated heterocycles. The summed E-state index contributed by atoms with van der Waals surface area (Å²) < 4.78 is 0. The summed E-state index contributed by atoms with van der Waals surface area (Å²) >= 11 is 0. The summed E-state index contributed by atoms with van der Waals surface area (Å²) in [5.74, 6) is 1.12. The van der Waals surface area contributed by atoms with Gasteiger partial charge in [-0.05, 0) is 51.6 Å². The standard InChI is InChI=1S/C16H31NO/c1-14(2)11-13-17(12-7-8-15(3)18)16-9-5-4-6-10-16/h14,16H,4-13H2,1-3H3. The van der Waals surface area contributed by atoms with Crippen LogP contribution in [0.4, 0.5) is 0 Å². The maximum atomic E-state index is 11.0. The zero-order chi connectivity index (χ0) is 13.4. The molecule has 1 aliphatic rings. The second-order valence-corrected chi connectivity index (χ2v) is 6.32. The summed E-state index contributed by atoms with van der Waals surface area (Å²) in [6.45, 7) is 8.65. The molecule has 0 amide bonds. The lowest BCUT2D eigenvalue weighted by molar-refractivity contribution is -0.117. The molecule has 0 aromatic rings. The van der Waals surface area contributed by atoms with E-state index in [0.29, 0.717) is 5.78 Å². The Labute approximate surface area is 113 Å². The molecule has 0 N–H and O–H groups in total. The minimum atomic E-state index is 0.336. The number of Topliss-reactive ketones (excluding diaryl/α,β-unsaturated/α-hetero) is 1. The highest BCUT2D eigenvalue weighted by molar-refractivity contribution is 5.75. The number of nitrogens with zero attached hydrogens (tertiary/aromatic N) is 1. The van der Waals surface area contributed by atoms with Gasteiger partial charge in [-0.15, -0.1) is 0 Å². The van der Waals surface area contributed by atoms with Crippen LogP contribution in [0.3, 0.4) is 0 Å². The minimum absolute atomic E-state index is 0.336. The predicted octanol–water partition coefficient (Wildman–Crippen LogP) is 4.04. The van der Waals surface area contributed by atoms with E-state index in [4.69, 9.17) is 0 Å². The number of hydrogen-bond acceptors (Lipinski definition) is 2. The maximum Gasteiger partial charge on any atom is 0.129 e. The second-order valence-electron chi connectivity index (χ2n) is 6.32. The predicted molar refractivity (Wildman–Crippen MR) is 77.8 cm³/mol. The fraction of sp³-hybridized carbons (Fsp3) is 0.938. The zero-order valence-electron chi connectivity index (χ0n) is 12.6. The van der Waals surface area contributed by atoms with Crippen LogP contribution in [-0.4, -0.2) is 29.8 Å². The van der Waals surface area contributed by atoms with E-state index >= 15 is 0 Å². The Morgan fingerprint density at radius 3 is 2.39 bits per heavy atom. The lowest BCUT2D eigenvalue weighted by Crippen LogP contribution is -2.38. The van der Waals surface area contributed by atoms with E-state index in [1.54, 1.807) is 6.92 Å². The Balaban J connectivity index is 2.37. The van der Waals surface area contributed by atoms with Gasteiger partial charge < -0.3 is 9.69 Å². The quantitative estimate of drug-likeness (QED) is 0.651. The van der Waals surface area contributed by atoms with Gasteiger partial charge in [0.05, 0.1) is 0 Å². The SMILES string of the molecule is CC(=O)CCCN(CCC(C)C)C1CCCCC1. The average molecular weight is 253 g/mol. The van der Waals surface area contributed by atoms with Crippen molar-refractivity contribution in [2.75, 3.05) is 13.1 Å². The topological polar surface area (TPSA) is 20.3 Å².